The average Bonchev–Trinajstić information content (AvgIpc) is 2.77. The Balaban J connectivity index is 2.33. The molecule has 0 unspecified atom stereocenters. The van der Waals surface area contributed by atoms with Crippen LogP contribution in [0.3, 0.4) is 0 Å². The highest BCUT2D eigenvalue weighted by molar-refractivity contribution is 9.10. The van der Waals surface area contributed by atoms with Crippen LogP contribution >= 0.6 is 15.9 Å². The molecule has 18 heavy (non-hydrogen) atoms. The SMILES string of the molecule is COc1ccc(Br)cc1Cn1ccnc1C(C)C. The van der Waals surface area contributed by atoms with Crippen molar-refractivity contribution in [1.82, 2.24) is 9.55 Å². The molecule has 3 nitrogen and oxygen atoms in total. The molecule has 0 saturated carbocycles. The Labute approximate surface area is 116 Å². The van der Waals surface area contributed by atoms with Gasteiger partial charge in [-0.15, -0.1) is 0 Å². The van der Waals surface area contributed by atoms with Gasteiger partial charge in [0, 0.05) is 28.3 Å². The summed E-state index contributed by atoms with van der Waals surface area (Å²) in [5.41, 5.74) is 1.15. The molecule has 2 aromatic rings. The number of hydrogen-bond acceptors (Lipinski definition) is 2. The van der Waals surface area contributed by atoms with Gasteiger partial charge in [0.15, 0.2) is 0 Å². The Morgan fingerprint density at radius 2 is 2.17 bits per heavy atom. The minimum atomic E-state index is 0.415. The smallest absolute Gasteiger partial charge is 0.123 e. The van der Waals surface area contributed by atoms with Crippen molar-refractivity contribution in [3.8, 4) is 5.75 Å². The lowest BCUT2D eigenvalue weighted by molar-refractivity contribution is 0.408. The standard InChI is InChI=1S/C14H17BrN2O/c1-10(2)14-16-6-7-17(14)9-11-8-12(15)4-5-13(11)18-3/h4-8,10H,9H2,1-3H3. The second-order valence-corrected chi connectivity index (χ2v) is 5.44. The van der Waals surface area contributed by atoms with Crippen LogP contribution in [0, 0.1) is 0 Å². The van der Waals surface area contributed by atoms with E-state index in [4.69, 9.17) is 4.74 Å². The summed E-state index contributed by atoms with van der Waals surface area (Å²) in [7, 11) is 1.70. The molecular formula is C14H17BrN2O. The number of nitrogens with zero attached hydrogens (tertiary/aromatic N) is 2. The van der Waals surface area contributed by atoms with E-state index in [1.165, 1.54) is 0 Å². The lowest BCUT2D eigenvalue weighted by atomic mass is 10.1. The molecule has 0 aliphatic carbocycles. The van der Waals surface area contributed by atoms with Crippen LogP contribution in [0.5, 0.6) is 5.75 Å². The molecule has 96 valence electrons. The number of ether oxygens (including phenoxy) is 1. The summed E-state index contributed by atoms with van der Waals surface area (Å²) >= 11 is 3.50. The maximum atomic E-state index is 5.39. The van der Waals surface area contributed by atoms with E-state index >= 15 is 0 Å². The molecule has 0 bridgehead atoms. The van der Waals surface area contributed by atoms with Crippen molar-refractivity contribution in [1.29, 1.82) is 0 Å². The van der Waals surface area contributed by atoms with Gasteiger partial charge in [0.25, 0.3) is 0 Å². The fourth-order valence-corrected chi connectivity index (χ4v) is 2.42. The third-order valence-corrected chi connectivity index (χ3v) is 3.34. The van der Waals surface area contributed by atoms with Crippen molar-refractivity contribution >= 4 is 15.9 Å². The molecule has 0 aliphatic rings. The fraction of sp³-hybridized carbons (Fsp3) is 0.357. The quantitative estimate of drug-likeness (QED) is 0.858. The van der Waals surface area contributed by atoms with Gasteiger partial charge < -0.3 is 9.30 Å². The fourth-order valence-electron chi connectivity index (χ4n) is 2.01. The van der Waals surface area contributed by atoms with Crippen molar-refractivity contribution in [2.24, 2.45) is 0 Å². The van der Waals surface area contributed by atoms with Gasteiger partial charge in [-0.3, -0.25) is 0 Å². The first-order valence-electron chi connectivity index (χ1n) is 5.95. The minimum absolute atomic E-state index is 0.415. The van der Waals surface area contributed by atoms with Crippen LogP contribution in [0.2, 0.25) is 0 Å². The zero-order valence-corrected chi connectivity index (χ0v) is 12.4. The lowest BCUT2D eigenvalue weighted by Gasteiger charge is -2.13. The first-order chi connectivity index (χ1) is 8.61. The van der Waals surface area contributed by atoms with E-state index < -0.39 is 0 Å². The summed E-state index contributed by atoms with van der Waals surface area (Å²) in [4.78, 5) is 4.40. The van der Waals surface area contributed by atoms with Crippen molar-refractivity contribution < 1.29 is 4.74 Å². The molecule has 0 amide bonds. The largest absolute Gasteiger partial charge is 0.496 e. The van der Waals surface area contributed by atoms with Gasteiger partial charge in [-0.25, -0.2) is 4.98 Å². The van der Waals surface area contributed by atoms with Gasteiger partial charge in [-0.2, -0.15) is 0 Å². The highest BCUT2D eigenvalue weighted by Gasteiger charge is 2.10. The van der Waals surface area contributed by atoms with Crippen LogP contribution in [0.1, 0.15) is 31.2 Å². The molecule has 0 radical (unpaired) electrons. The van der Waals surface area contributed by atoms with E-state index in [0.29, 0.717) is 5.92 Å². The Morgan fingerprint density at radius 3 is 2.83 bits per heavy atom. The van der Waals surface area contributed by atoms with Crippen LogP contribution in [-0.2, 0) is 6.54 Å². The van der Waals surface area contributed by atoms with E-state index in [1.54, 1.807) is 7.11 Å². The Hall–Kier alpha value is -1.29. The van der Waals surface area contributed by atoms with Gasteiger partial charge in [-0.05, 0) is 18.2 Å². The monoisotopic (exact) mass is 308 g/mol. The molecule has 1 aromatic carbocycles. The highest BCUT2D eigenvalue weighted by Crippen LogP contribution is 2.25. The lowest BCUT2D eigenvalue weighted by Crippen LogP contribution is -2.07. The molecule has 0 saturated heterocycles. The van der Waals surface area contributed by atoms with Crippen molar-refractivity contribution in [3.63, 3.8) is 0 Å². The van der Waals surface area contributed by atoms with Crippen molar-refractivity contribution in [3.05, 3.63) is 46.5 Å². The Bertz CT molecular complexity index is 534. The average molecular weight is 309 g/mol. The normalized spacial score (nSPS) is 10.9. The number of halogens is 1. The highest BCUT2D eigenvalue weighted by atomic mass is 79.9. The zero-order valence-electron chi connectivity index (χ0n) is 10.9. The third kappa shape index (κ3) is 2.75. The van der Waals surface area contributed by atoms with E-state index in [1.807, 2.05) is 24.5 Å². The van der Waals surface area contributed by atoms with Crippen molar-refractivity contribution in [2.45, 2.75) is 26.3 Å². The van der Waals surface area contributed by atoms with Crippen molar-refractivity contribution in [2.75, 3.05) is 7.11 Å². The third-order valence-electron chi connectivity index (χ3n) is 2.85. The molecule has 4 heteroatoms. The molecule has 0 fully saturated rings. The maximum Gasteiger partial charge on any atom is 0.123 e. The molecule has 1 aromatic heterocycles. The summed E-state index contributed by atoms with van der Waals surface area (Å²) in [5.74, 6) is 2.41. The van der Waals surface area contributed by atoms with Gasteiger partial charge in [0.2, 0.25) is 0 Å². The van der Waals surface area contributed by atoms with Gasteiger partial charge in [-0.1, -0.05) is 29.8 Å². The zero-order chi connectivity index (χ0) is 13.1. The maximum absolute atomic E-state index is 5.39. The minimum Gasteiger partial charge on any atom is -0.496 e. The summed E-state index contributed by atoms with van der Waals surface area (Å²) in [5, 5.41) is 0. The number of imidazole rings is 1. The number of aromatic nitrogens is 2. The predicted octanol–water partition coefficient (Wildman–Crippen LogP) is 3.83. The molecule has 2 rings (SSSR count). The van der Waals surface area contributed by atoms with E-state index in [9.17, 15) is 0 Å². The van der Waals surface area contributed by atoms with Crippen LogP contribution < -0.4 is 4.74 Å². The molecule has 0 aliphatic heterocycles. The molecule has 0 atom stereocenters. The topological polar surface area (TPSA) is 27.1 Å². The number of rotatable bonds is 4. The van der Waals surface area contributed by atoms with Crippen LogP contribution in [0.4, 0.5) is 0 Å². The van der Waals surface area contributed by atoms with E-state index in [2.05, 4.69) is 45.4 Å². The van der Waals surface area contributed by atoms with E-state index in [0.717, 1.165) is 28.2 Å². The summed E-state index contributed by atoms with van der Waals surface area (Å²) in [6, 6.07) is 6.05. The van der Waals surface area contributed by atoms with Gasteiger partial charge in [0.05, 0.1) is 13.7 Å². The van der Waals surface area contributed by atoms with Gasteiger partial charge >= 0.3 is 0 Å². The van der Waals surface area contributed by atoms with Gasteiger partial charge in [0.1, 0.15) is 11.6 Å². The number of benzene rings is 1. The molecule has 0 spiro atoms. The Morgan fingerprint density at radius 1 is 1.39 bits per heavy atom. The number of hydrogen-bond donors (Lipinski definition) is 0. The first-order valence-corrected chi connectivity index (χ1v) is 6.74. The summed E-state index contributed by atoms with van der Waals surface area (Å²) in [6.45, 7) is 5.07. The molecular weight excluding hydrogens is 292 g/mol. The molecule has 0 N–H and O–H groups in total. The van der Waals surface area contributed by atoms with Crippen LogP contribution in [0.25, 0.3) is 0 Å². The van der Waals surface area contributed by atoms with Crippen LogP contribution in [0.15, 0.2) is 35.1 Å². The molecule has 1 heterocycles. The summed E-state index contributed by atoms with van der Waals surface area (Å²) < 4.78 is 8.62. The second-order valence-electron chi connectivity index (χ2n) is 4.52. The summed E-state index contributed by atoms with van der Waals surface area (Å²) in [6.07, 6.45) is 3.86. The predicted molar refractivity (Wildman–Crippen MR) is 76.1 cm³/mol. The first kappa shape index (κ1) is 13.1. The van der Waals surface area contributed by atoms with E-state index in [-0.39, 0.29) is 0 Å². The second kappa shape index (κ2) is 5.57. The Kier molecular flexibility index (Phi) is 4.07. The number of methoxy groups -OCH3 is 1. The van der Waals surface area contributed by atoms with Crippen LogP contribution in [-0.4, -0.2) is 16.7 Å².